The van der Waals surface area contributed by atoms with Crippen LogP contribution in [0.4, 0.5) is 4.79 Å². The third-order valence-electron chi connectivity index (χ3n) is 2.09. The van der Waals surface area contributed by atoms with Crippen LogP contribution in [-0.4, -0.2) is 56.0 Å². The van der Waals surface area contributed by atoms with E-state index in [0.29, 0.717) is 12.2 Å². The molecule has 0 spiro atoms. The number of aliphatic carboxylic acids is 2. The Bertz CT molecular complexity index is 446. The van der Waals surface area contributed by atoms with Crippen LogP contribution in [-0.2, 0) is 16.0 Å². The predicted octanol–water partition coefficient (Wildman–Crippen LogP) is -1.43. The third-order valence-corrected chi connectivity index (χ3v) is 2.09. The average molecular weight is 271 g/mol. The lowest BCUT2D eigenvalue weighted by Gasteiger charge is -2.12. The molecule has 0 aliphatic heterocycles. The molecule has 2 amide bonds. The van der Waals surface area contributed by atoms with E-state index in [1.54, 1.807) is 0 Å². The molecule has 0 aromatic carbocycles. The summed E-state index contributed by atoms with van der Waals surface area (Å²) in [5, 5.41) is 27.9. The van der Waals surface area contributed by atoms with Gasteiger partial charge >= 0.3 is 18.0 Å². The lowest BCUT2D eigenvalue weighted by atomic mass is 10.2. The van der Waals surface area contributed by atoms with Gasteiger partial charge in [-0.2, -0.15) is 5.10 Å². The third kappa shape index (κ3) is 5.48. The molecule has 0 bridgehead atoms. The standard InChI is InChI=1S/C9H13N5O5/c15-7(16)3-5(8(17)18)13-9(19)10-2-1-6-11-4-12-14-6/h4-5H,1-3H2,(H,15,16)(H,17,18)(H2,10,13,19)(H,11,12,14)/t5-/m1/s1. The lowest BCUT2D eigenvalue weighted by molar-refractivity contribution is -0.145. The van der Waals surface area contributed by atoms with Crippen LogP contribution in [0, 0.1) is 0 Å². The number of nitrogens with zero attached hydrogens (tertiary/aromatic N) is 2. The molecule has 1 heterocycles. The molecular weight excluding hydrogens is 258 g/mol. The molecule has 0 unspecified atom stereocenters. The topological polar surface area (TPSA) is 157 Å². The number of H-pyrrole nitrogens is 1. The van der Waals surface area contributed by atoms with Crippen molar-refractivity contribution in [2.75, 3.05) is 6.54 Å². The van der Waals surface area contributed by atoms with Crippen LogP contribution in [0.15, 0.2) is 6.33 Å². The number of aromatic amines is 1. The highest BCUT2D eigenvalue weighted by atomic mass is 16.4. The normalized spacial score (nSPS) is 11.6. The van der Waals surface area contributed by atoms with Crippen LogP contribution in [0.3, 0.4) is 0 Å². The Kier molecular flexibility index (Phi) is 5.26. The van der Waals surface area contributed by atoms with Gasteiger partial charge in [0.05, 0.1) is 6.42 Å². The van der Waals surface area contributed by atoms with Gasteiger partial charge in [-0.15, -0.1) is 0 Å². The Morgan fingerprint density at radius 1 is 1.37 bits per heavy atom. The summed E-state index contributed by atoms with van der Waals surface area (Å²) < 4.78 is 0. The number of carbonyl (C=O) groups excluding carboxylic acids is 1. The molecule has 1 atom stereocenters. The Hall–Kier alpha value is -2.65. The van der Waals surface area contributed by atoms with Gasteiger partial charge in [0.25, 0.3) is 0 Å². The van der Waals surface area contributed by atoms with Gasteiger partial charge < -0.3 is 20.8 Å². The number of nitrogens with one attached hydrogen (secondary N) is 3. The van der Waals surface area contributed by atoms with Gasteiger partial charge in [-0.05, 0) is 0 Å². The van der Waals surface area contributed by atoms with Crippen LogP contribution in [0.1, 0.15) is 12.2 Å². The minimum Gasteiger partial charge on any atom is -0.481 e. The Balaban J connectivity index is 2.32. The fourth-order valence-electron chi connectivity index (χ4n) is 1.23. The van der Waals surface area contributed by atoms with E-state index in [1.165, 1.54) is 6.33 Å². The molecule has 1 rings (SSSR count). The number of carboxylic acid groups (broad SMARTS) is 2. The van der Waals surface area contributed by atoms with Crippen molar-refractivity contribution in [3.05, 3.63) is 12.2 Å². The minimum atomic E-state index is -1.47. The number of hydrogen-bond donors (Lipinski definition) is 5. The molecule has 10 nitrogen and oxygen atoms in total. The number of hydrogen-bond acceptors (Lipinski definition) is 5. The second-order valence-corrected chi connectivity index (χ2v) is 3.57. The van der Waals surface area contributed by atoms with Gasteiger partial charge in [0.1, 0.15) is 18.2 Å². The van der Waals surface area contributed by atoms with E-state index in [9.17, 15) is 14.4 Å². The fraction of sp³-hybridized carbons (Fsp3) is 0.444. The summed E-state index contributed by atoms with van der Waals surface area (Å²) in [5.74, 6) is -2.15. The highest BCUT2D eigenvalue weighted by Gasteiger charge is 2.22. The highest BCUT2D eigenvalue weighted by Crippen LogP contribution is 1.93. The summed E-state index contributed by atoms with van der Waals surface area (Å²) in [6.07, 6.45) is 1.03. The molecule has 0 aliphatic carbocycles. The van der Waals surface area contributed by atoms with Crippen LogP contribution in [0.5, 0.6) is 0 Å². The monoisotopic (exact) mass is 271 g/mol. The summed E-state index contributed by atoms with van der Waals surface area (Å²) in [5.41, 5.74) is 0. The maximum absolute atomic E-state index is 11.3. The molecule has 0 aliphatic rings. The quantitative estimate of drug-likeness (QED) is 0.407. The van der Waals surface area contributed by atoms with Crippen molar-refractivity contribution in [1.29, 1.82) is 0 Å². The van der Waals surface area contributed by atoms with Crippen LogP contribution in [0.25, 0.3) is 0 Å². The first kappa shape index (κ1) is 14.4. The Morgan fingerprint density at radius 3 is 2.63 bits per heavy atom. The molecule has 0 radical (unpaired) electrons. The zero-order chi connectivity index (χ0) is 14.3. The smallest absolute Gasteiger partial charge is 0.326 e. The second-order valence-electron chi connectivity index (χ2n) is 3.57. The van der Waals surface area contributed by atoms with Crippen molar-refractivity contribution in [2.45, 2.75) is 18.9 Å². The summed E-state index contributed by atoms with van der Waals surface area (Å²) in [6.45, 7) is 0.209. The molecule has 19 heavy (non-hydrogen) atoms. The van der Waals surface area contributed by atoms with Gasteiger partial charge in [-0.1, -0.05) is 0 Å². The van der Waals surface area contributed by atoms with Crippen molar-refractivity contribution >= 4 is 18.0 Å². The largest absolute Gasteiger partial charge is 0.481 e. The number of carboxylic acids is 2. The van der Waals surface area contributed by atoms with E-state index in [0.717, 1.165) is 0 Å². The van der Waals surface area contributed by atoms with Crippen molar-refractivity contribution in [2.24, 2.45) is 0 Å². The molecule has 10 heteroatoms. The molecule has 0 fully saturated rings. The zero-order valence-corrected chi connectivity index (χ0v) is 9.79. The van der Waals surface area contributed by atoms with Gasteiger partial charge in [-0.3, -0.25) is 9.89 Å². The zero-order valence-electron chi connectivity index (χ0n) is 9.79. The van der Waals surface area contributed by atoms with Gasteiger partial charge in [0, 0.05) is 13.0 Å². The first-order chi connectivity index (χ1) is 8.99. The molecule has 5 N–H and O–H groups in total. The highest BCUT2D eigenvalue weighted by molar-refractivity contribution is 5.86. The van der Waals surface area contributed by atoms with E-state index in [4.69, 9.17) is 10.2 Å². The maximum atomic E-state index is 11.3. The second kappa shape index (κ2) is 6.93. The molecular formula is C9H13N5O5. The number of rotatable bonds is 7. The van der Waals surface area contributed by atoms with Gasteiger partial charge in [0.2, 0.25) is 0 Å². The first-order valence-corrected chi connectivity index (χ1v) is 5.32. The van der Waals surface area contributed by atoms with Crippen molar-refractivity contribution in [1.82, 2.24) is 25.8 Å². The molecule has 1 aromatic rings. The van der Waals surface area contributed by atoms with Crippen molar-refractivity contribution in [3.8, 4) is 0 Å². The van der Waals surface area contributed by atoms with Gasteiger partial charge in [-0.25, -0.2) is 14.6 Å². The predicted molar refractivity (Wildman–Crippen MR) is 60.3 cm³/mol. The first-order valence-electron chi connectivity index (χ1n) is 5.32. The van der Waals surface area contributed by atoms with E-state index in [2.05, 4.69) is 25.8 Å². The van der Waals surface area contributed by atoms with Crippen LogP contribution >= 0.6 is 0 Å². The molecule has 0 saturated heterocycles. The fourth-order valence-corrected chi connectivity index (χ4v) is 1.23. The van der Waals surface area contributed by atoms with E-state index < -0.39 is 30.4 Å². The summed E-state index contributed by atoms with van der Waals surface area (Å²) in [7, 11) is 0. The number of urea groups is 1. The summed E-state index contributed by atoms with van der Waals surface area (Å²) in [4.78, 5) is 36.3. The SMILES string of the molecule is O=C(O)C[C@@H](NC(=O)NCCc1ncn[nH]1)C(=O)O. The average Bonchev–Trinajstić information content (AvgIpc) is 2.80. The van der Waals surface area contributed by atoms with Crippen LogP contribution in [0.2, 0.25) is 0 Å². The van der Waals surface area contributed by atoms with Crippen molar-refractivity contribution in [3.63, 3.8) is 0 Å². The number of amides is 2. The maximum Gasteiger partial charge on any atom is 0.326 e. The van der Waals surface area contributed by atoms with Gasteiger partial charge in [0.15, 0.2) is 0 Å². The summed E-state index contributed by atoms with van der Waals surface area (Å²) >= 11 is 0. The van der Waals surface area contributed by atoms with Crippen LogP contribution < -0.4 is 10.6 Å². The number of carbonyl (C=O) groups is 3. The Morgan fingerprint density at radius 2 is 2.11 bits per heavy atom. The van der Waals surface area contributed by atoms with E-state index in [1.807, 2.05) is 0 Å². The van der Waals surface area contributed by atoms with Crippen molar-refractivity contribution < 1.29 is 24.6 Å². The number of aromatic nitrogens is 3. The summed E-state index contributed by atoms with van der Waals surface area (Å²) in [6, 6.07) is -2.23. The molecule has 104 valence electrons. The van der Waals surface area contributed by atoms with E-state index >= 15 is 0 Å². The molecule has 0 saturated carbocycles. The lowest BCUT2D eigenvalue weighted by Crippen LogP contribution is -2.47. The minimum absolute atomic E-state index is 0.209. The Labute approximate surface area is 107 Å². The van der Waals surface area contributed by atoms with E-state index in [-0.39, 0.29) is 6.54 Å². The molecule has 1 aromatic heterocycles.